The third-order valence-corrected chi connectivity index (χ3v) is 1.70. The van der Waals surface area contributed by atoms with Crippen molar-refractivity contribution in [2.75, 3.05) is 0 Å². The number of para-hydroxylation sites is 1. The van der Waals surface area contributed by atoms with E-state index in [-0.39, 0.29) is 11.0 Å². The Bertz CT molecular complexity index is 516. The van der Waals surface area contributed by atoms with Gasteiger partial charge in [-0.2, -0.15) is 8.78 Å². The topological polar surface area (TPSA) is 30.2 Å². The molecule has 0 amide bonds. The van der Waals surface area contributed by atoms with Gasteiger partial charge in [0.05, 0.1) is 5.39 Å². The van der Waals surface area contributed by atoms with E-state index in [4.69, 9.17) is 0 Å². The molecule has 0 aliphatic heterocycles. The molecule has 4 heteroatoms. The van der Waals surface area contributed by atoms with E-state index in [0.717, 1.165) is 0 Å². The molecule has 0 unspecified atom stereocenters. The van der Waals surface area contributed by atoms with Crippen molar-refractivity contribution in [1.82, 2.24) is 0 Å². The van der Waals surface area contributed by atoms with E-state index >= 15 is 0 Å². The van der Waals surface area contributed by atoms with Crippen LogP contribution < -0.4 is 5.43 Å². The van der Waals surface area contributed by atoms with Gasteiger partial charge >= 0.3 is 6.01 Å². The zero-order chi connectivity index (χ0) is 9.42. The molecule has 0 spiro atoms. The second-order valence-corrected chi connectivity index (χ2v) is 2.52. The van der Waals surface area contributed by atoms with Crippen LogP contribution in [0.3, 0.4) is 0 Å². The van der Waals surface area contributed by atoms with Gasteiger partial charge in [0.2, 0.25) is 11.2 Å². The van der Waals surface area contributed by atoms with E-state index in [1.54, 1.807) is 12.1 Å². The summed E-state index contributed by atoms with van der Waals surface area (Å²) in [6.45, 7) is 0. The summed E-state index contributed by atoms with van der Waals surface area (Å²) in [7, 11) is 0. The molecule has 2 nitrogen and oxygen atoms in total. The first-order valence-corrected chi connectivity index (χ1v) is 3.57. The lowest BCUT2D eigenvalue weighted by molar-refractivity contribution is 0.322. The van der Waals surface area contributed by atoms with Crippen molar-refractivity contribution in [3.63, 3.8) is 0 Å². The van der Waals surface area contributed by atoms with E-state index in [0.29, 0.717) is 0 Å². The molecule has 2 rings (SSSR count). The molecule has 0 N–H and O–H groups in total. The van der Waals surface area contributed by atoms with E-state index in [1.807, 2.05) is 0 Å². The maximum Gasteiger partial charge on any atom is 0.318 e. The first-order valence-electron chi connectivity index (χ1n) is 3.57. The molecule has 66 valence electrons. The number of fused-ring (bicyclic) bond motifs is 1. The van der Waals surface area contributed by atoms with Crippen LogP contribution in [-0.2, 0) is 0 Å². The predicted octanol–water partition coefficient (Wildman–Crippen LogP) is 2.07. The summed E-state index contributed by atoms with van der Waals surface area (Å²) in [5.74, 6) is -1.47. The second kappa shape index (κ2) is 2.65. The Morgan fingerprint density at radius 2 is 1.85 bits per heavy atom. The minimum absolute atomic E-state index is 0.0430. The minimum atomic E-state index is -1.47. The van der Waals surface area contributed by atoms with Crippen molar-refractivity contribution >= 4 is 11.0 Å². The number of halogens is 2. The van der Waals surface area contributed by atoms with Crippen molar-refractivity contribution < 1.29 is 13.2 Å². The highest BCUT2D eigenvalue weighted by molar-refractivity contribution is 5.75. The van der Waals surface area contributed by atoms with E-state index < -0.39 is 17.3 Å². The van der Waals surface area contributed by atoms with Crippen LogP contribution in [0.2, 0.25) is 0 Å². The van der Waals surface area contributed by atoms with Gasteiger partial charge in [0.25, 0.3) is 0 Å². The fraction of sp³-hybridized carbons (Fsp3) is 0. The normalized spacial score (nSPS) is 10.6. The monoisotopic (exact) mass is 182 g/mol. The Morgan fingerprint density at radius 1 is 1.15 bits per heavy atom. The van der Waals surface area contributed by atoms with Gasteiger partial charge in [-0.1, -0.05) is 12.1 Å². The van der Waals surface area contributed by atoms with Crippen molar-refractivity contribution in [2.24, 2.45) is 0 Å². The Balaban J connectivity index is 3.03. The van der Waals surface area contributed by atoms with Crippen LogP contribution >= 0.6 is 0 Å². The molecule has 0 aliphatic rings. The Kier molecular flexibility index (Phi) is 1.62. The summed E-state index contributed by atoms with van der Waals surface area (Å²) in [4.78, 5) is 11.1. The summed E-state index contributed by atoms with van der Waals surface area (Å²) >= 11 is 0. The summed E-state index contributed by atoms with van der Waals surface area (Å²) in [5, 5.41) is 0.0430. The highest BCUT2D eigenvalue weighted by Crippen LogP contribution is 2.12. The predicted molar refractivity (Wildman–Crippen MR) is 42.4 cm³/mol. The van der Waals surface area contributed by atoms with Gasteiger partial charge in [0, 0.05) is 0 Å². The van der Waals surface area contributed by atoms with E-state index in [9.17, 15) is 13.6 Å². The van der Waals surface area contributed by atoms with E-state index in [1.165, 1.54) is 12.1 Å². The summed E-state index contributed by atoms with van der Waals surface area (Å²) < 4.78 is 29.7. The highest BCUT2D eigenvalue weighted by Gasteiger charge is 2.12. The first-order chi connectivity index (χ1) is 6.20. The first kappa shape index (κ1) is 7.91. The Hall–Kier alpha value is -1.71. The Labute approximate surface area is 71.4 Å². The van der Waals surface area contributed by atoms with Gasteiger partial charge in [-0.15, -0.1) is 0 Å². The molecule has 0 fully saturated rings. The molecule has 0 aliphatic carbocycles. The quantitative estimate of drug-likeness (QED) is 0.624. The van der Waals surface area contributed by atoms with Gasteiger partial charge in [0.15, 0.2) is 0 Å². The van der Waals surface area contributed by atoms with Crippen LogP contribution in [0, 0.1) is 11.8 Å². The molecule has 13 heavy (non-hydrogen) atoms. The smallest absolute Gasteiger partial charge is 0.318 e. The Morgan fingerprint density at radius 3 is 2.62 bits per heavy atom. The van der Waals surface area contributed by atoms with Crippen LogP contribution in [0.4, 0.5) is 8.78 Å². The second-order valence-electron chi connectivity index (χ2n) is 2.52. The van der Waals surface area contributed by atoms with Crippen LogP contribution in [0.25, 0.3) is 11.0 Å². The largest absolute Gasteiger partial charge is 0.429 e. The SMILES string of the molecule is O=c1c(F)c(F)oc2ccccc12. The summed E-state index contributed by atoms with van der Waals surface area (Å²) in [6, 6.07) is 4.44. The lowest BCUT2D eigenvalue weighted by Crippen LogP contribution is -2.08. The van der Waals surface area contributed by atoms with Gasteiger partial charge in [-0.05, 0) is 12.1 Å². The van der Waals surface area contributed by atoms with Crippen LogP contribution in [0.5, 0.6) is 0 Å². The van der Waals surface area contributed by atoms with Crippen molar-refractivity contribution in [3.05, 3.63) is 46.3 Å². The van der Waals surface area contributed by atoms with Gasteiger partial charge in [-0.3, -0.25) is 4.79 Å². The van der Waals surface area contributed by atoms with Crippen LogP contribution in [0.15, 0.2) is 33.5 Å². The summed E-state index contributed by atoms with van der Waals surface area (Å²) in [6.07, 6.45) is 0. The number of rotatable bonds is 0. The summed E-state index contributed by atoms with van der Waals surface area (Å²) in [5.41, 5.74) is -0.925. The molecule has 1 aromatic carbocycles. The van der Waals surface area contributed by atoms with Gasteiger partial charge in [0.1, 0.15) is 5.58 Å². The third kappa shape index (κ3) is 1.11. The van der Waals surface area contributed by atoms with Gasteiger partial charge in [-0.25, -0.2) is 0 Å². The minimum Gasteiger partial charge on any atom is -0.429 e. The highest BCUT2D eigenvalue weighted by atomic mass is 19.2. The molecule has 1 heterocycles. The number of hydrogen-bond donors (Lipinski definition) is 0. The van der Waals surface area contributed by atoms with Crippen molar-refractivity contribution in [3.8, 4) is 0 Å². The molecular weight excluding hydrogens is 178 g/mol. The van der Waals surface area contributed by atoms with E-state index in [2.05, 4.69) is 4.42 Å². The molecular formula is C9H4F2O2. The van der Waals surface area contributed by atoms with Crippen LogP contribution in [0.1, 0.15) is 0 Å². The standard InChI is InChI=1S/C9H4F2O2/c10-7-8(12)5-3-1-2-4-6(5)13-9(7)11/h1-4H. The zero-order valence-electron chi connectivity index (χ0n) is 6.38. The molecule has 0 saturated heterocycles. The van der Waals surface area contributed by atoms with Crippen molar-refractivity contribution in [1.29, 1.82) is 0 Å². The molecule has 1 aromatic heterocycles. The fourth-order valence-corrected chi connectivity index (χ4v) is 1.09. The average Bonchev–Trinajstić information content (AvgIpc) is 2.15. The number of hydrogen-bond acceptors (Lipinski definition) is 2. The van der Waals surface area contributed by atoms with Crippen molar-refractivity contribution in [2.45, 2.75) is 0 Å². The van der Waals surface area contributed by atoms with Gasteiger partial charge < -0.3 is 4.42 Å². The lowest BCUT2D eigenvalue weighted by Gasteiger charge is -1.95. The average molecular weight is 182 g/mol. The molecule has 0 saturated carbocycles. The third-order valence-electron chi connectivity index (χ3n) is 1.70. The molecule has 0 bridgehead atoms. The van der Waals surface area contributed by atoms with Crippen LogP contribution in [-0.4, -0.2) is 0 Å². The zero-order valence-corrected chi connectivity index (χ0v) is 6.38. The number of benzene rings is 1. The fourth-order valence-electron chi connectivity index (χ4n) is 1.09. The maximum atomic E-state index is 12.7. The molecule has 0 radical (unpaired) electrons. The lowest BCUT2D eigenvalue weighted by atomic mass is 10.2. The molecule has 0 atom stereocenters. The maximum absolute atomic E-state index is 12.7. The molecule has 2 aromatic rings.